The van der Waals surface area contributed by atoms with Crippen molar-refractivity contribution < 1.29 is 17.9 Å². The van der Waals surface area contributed by atoms with Crippen molar-refractivity contribution in [3.05, 3.63) is 48.0 Å². The summed E-state index contributed by atoms with van der Waals surface area (Å²) in [7, 11) is 0. The van der Waals surface area contributed by atoms with Gasteiger partial charge in [-0.05, 0) is 24.6 Å². The molecule has 1 aromatic carbocycles. The second-order valence-corrected chi connectivity index (χ2v) is 4.17. The fourth-order valence-corrected chi connectivity index (χ4v) is 1.89. The molecule has 20 heavy (non-hydrogen) atoms. The Labute approximate surface area is 114 Å². The monoisotopic (exact) mass is 285 g/mol. The van der Waals surface area contributed by atoms with Crippen LogP contribution in [0.3, 0.4) is 0 Å². The third-order valence-corrected chi connectivity index (χ3v) is 2.84. The summed E-state index contributed by atoms with van der Waals surface area (Å²) in [5.74, 6) is 0.393. The van der Waals surface area contributed by atoms with Crippen molar-refractivity contribution >= 4 is 0 Å². The second-order valence-electron chi connectivity index (χ2n) is 4.17. The number of nitrogens with zero attached hydrogens (tertiary/aromatic N) is 2. The topological polar surface area (TPSA) is 53.1 Å². The molecule has 2 N–H and O–H groups in total. The molecule has 7 heteroatoms. The van der Waals surface area contributed by atoms with Crippen molar-refractivity contribution in [2.24, 2.45) is 5.73 Å². The zero-order valence-corrected chi connectivity index (χ0v) is 10.8. The van der Waals surface area contributed by atoms with Crippen LogP contribution in [0.4, 0.5) is 13.2 Å². The molecule has 2 aromatic rings. The lowest BCUT2D eigenvalue weighted by atomic mass is 10.1. The van der Waals surface area contributed by atoms with Gasteiger partial charge in [-0.2, -0.15) is 0 Å². The Balaban J connectivity index is 2.17. The molecule has 0 saturated heterocycles. The van der Waals surface area contributed by atoms with Gasteiger partial charge in [0.15, 0.2) is 0 Å². The molecule has 1 unspecified atom stereocenters. The summed E-state index contributed by atoms with van der Waals surface area (Å²) >= 11 is 0. The van der Waals surface area contributed by atoms with Crippen LogP contribution in [-0.2, 0) is 6.54 Å². The van der Waals surface area contributed by atoms with Crippen LogP contribution in [0.25, 0.3) is 0 Å². The van der Waals surface area contributed by atoms with Gasteiger partial charge in [0.1, 0.15) is 11.6 Å². The third-order valence-electron chi connectivity index (χ3n) is 2.84. The van der Waals surface area contributed by atoms with Crippen molar-refractivity contribution in [3.63, 3.8) is 0 Å². The van der Waals surface area contributed by atoms with Crippen LogP contribution in [0.1, 0.15) is 24.4 Å². The van der Waals surface area contributed by atoms with E-state index in [1.165, 1.54) is 24.3 Å². The summed E-state index contributed by atoms with van der Waals surface area (Å²) in [6.07, 6.45) is -1.25. The first-order chi connectivity index (χ1) is 9.40. The molecule has 1 heterocycles. The Kier molecular flexibility index (Phi) is 3.99. The predicted molar refractivity (Wildman–Crippen MR) is 67.1 cm³/mol. The predicted octanol–water partition coefficient (Wildman–Crippen LogP) is 2.85. The van der Waals surface area contributed by atoms with Gasteiger partial charge in [-0.15, -0.1) is 13.2 Å². The minimum atomic E-state index is -4.69. The van der Waals surface area contributed by atoms with Gasteiger partial charge in [0.25, 0.3) is 0 Å². The van der Waals surface area contributed by atoms with Crippen LogP contribution in [0, 0.1) is 0 Å². The number of aryl methyl sites for hydroxylation is 1. The van der Waals surface area contributed by atoms with E-state index in [0.29, 0.717) is 11.4 Å². The zero-order valence-electron chi connectivity index (χ0n) is 10.8. The molecule has 1 atom stereocenters. The summed E-state index contributed by atoms with van der Waals surface area (Å²) < 4.78 is 41.9. The Morgan fingerprint density at radius 1 is 1.30 bits per heavy atom. The fraction of sp³-hybridized carbons (Fsp3) is 0.308. The van der Waals surface area contributed by atoms with Crippen LogP contribution in [-0.4, -0.2) is 15.9 Å². The van der Waals surface area contributed by atoms with Crippen LogP contribution < -0.4 is 10.5 Å². The zero-order chi connectivity index (χ0) is 14.8. The molecule has 0 spiro atoms. The minimum absolute atomic E-state index is 0.271. The van der Waals surface area contributed by atoms with Gasteiger partial charge < -0.3 is 15.0 Å². The van der Waals surface area contributed by atoms with Crippen LogP contribution in [0.15, 0.2) is 36.7 Å². The van der Waals surface area contributed by atoms with E-state index in [2.05, 4.69) is 9.72 Å². The molecular weight excluding hydrogens is 271 g/mol. The number of benzene rings is 1. The maximum atomic E-state index is 12.1. The molecule has 0 aliphatic carbocycles. The molecular formula is C13H14F3N3O. The van der Waals surface area contributed by atoms with Gasteiger partial charge in [0.2, 0.25) is 0 Å². The van der Waals surface area contributed by atoms with Crippen molar-refractivity contribution in [2.75, 3.05) is 0 Å². The van der Waals surface area contributed by atoms with Crippen molar-refractivity contribution in [3.8, 4) is 5.75 Å². The number of ether oxygens (including phenoxy) is 1. The lowest BCUT2D eigenvalue weighted by molar-refractivity contribution is -0.274. The van der Waals surface area contributed by atoms with Crippen LogP contribution in [0.2, 0.25) is 0 Å². The van der Waals surface area contributed by atoms with E-state index in [1.54, 1.807) is 12.4 Å². The highest BCUT2D eigenvalue weighted by Gasteiger charge is 2.31. The van der Waals surface area contributed by atoms with Gasteiger partial charge >= 0.3 is 6.36 Å². The van der Waals surface area contributed by atoms with E-state index in [4.69, 9.17) is 5.73 Å². The first-order valence-electron chi connectivity index (χ1n) is 6.03. The maximum absolute atomic E-state index is 12.1. The van der Waals surface area contributed by atoms with E-state index in [0.717, 1.165) is 6.54 Å². The lowest BCUT2D eigenvalue weighted by Gasteiger charge is -2.14. The van der Waals surface area contributed by atoms with Crippen molar-refractivity contribution in [2.45, 2.75) is 25.9 Å². The average molecular weight is 285 g/mol. The summed E-state index contributed by atoms with van der Waals surface area (Å²) in [4.78, 5) is 4.17. The van der Waals surface area contributed by atoms with Crippen molar-refractivity contribution in [1.29, 1.82) is 0 Å². The second kappa shape index (κ2) is 5.54. The normalized spacial score (nSPS) is 13.2. The number of hydrogen-bond donors (Lipinski definition) is 1. The van der Waals surface area contributed by atoms with Crippen LogP contribution >= 0.6 is 0 Å². The number of alkyl halides is 3. The van der Waals surface area contributed by atoms with E-state index in [-0.39, 0.29) is 5.75 Å². The van der Waals surface area contributed by atoms with Gasteiger partial charge in [-0.1, -0.05) is 12.1 Å². The van der Waals surface area contributed by atoms with Gasteiger partial charge in [-0.3, -0.25) is 0 Å². The molecule has 0 amide bonds. The van der Waals surface area contributed by atoms with Crippen LogP contribution in [0.5, 0.6) is 5.75 Å². The Bertz CT molecular complexity index is 563. The molecule has 0 saturated carbocycles. The maximum Gasteiger partial charge on any atom is 0.573 e. The lowest BCUT2D eigenvalue weighted by Crippen LogP contribution is -2.18. The number of hydrogen-bond acceptors (Lipinski definition) is 3. The molecule has 2 rings (SSSR count). The molecule has 4 nitrogen and oxygen atoms in total. The first kappa shape index (κ1) is 14.4. The fourth-order valence-electron chi connectivity index (χ4n) is 1.89. The summed E-state index contributed by atoms with van der Waals surface area (Å²) in [6, 6.07) is 4.98. The van der Waals surface area contributed by atoms with E-state index in [9.17, 15) is 13.2 Å². The molecule has 0 bridgehead atoms. The quantitative estimate of drug-likeness (QED) is 0.939. The molecule has 108 valence electrons. The Morgan fingerprint density at radius 3 is 2.50 bits per heavy atom. The van der Waals surface area contributed by atoms with E-state index < -0.39 is 12.4 Å². The standard InChI is InChI=1S/C13H14F3N3O/c1-2-19-8-7-18-12(19)11(17)9-3-5-10(6-4-9)20-13(14,15)16/h3-8,11H,2,17H2,1H3. The summed E-state index contributed by atoms with van der Waals surface area (Å²) in [5.41, 5.74) is 6.74. The summed E-state index contributed by atoms with van der Waals surface area (Å²) in [5, 5.41) is 0. The number of aromatic nitrogens is 2. The number of imidazole rings is 1. The highest BCUT2D eigenvalue weighted by molar-refractivity contribution is 5.32. The molecule has 0 aliphatic heterocycles. The smallest absolute Gasteiger partial charge is 0.406 e. The number of nitrogens with two attached hydrogens (primary N) is 1. The highest BCUT2D eigenvalue weighted by Crippen LogP contribution is 2.25. The highest BCUT2D eigenvalue weighted by atomic mass is 19.4. The molecule has 0 radical (unpaired) electrons. The number of rotatable bonds is 4. The van der Waals surface area contributed by atoms with Crippen molar-refractivity contribution in [1.82, 2.24) is 9.55 Å². The minimum Gasteiger partial charge on any atom is -0.406 e. The SMILES string of the molecule is CCn1ccnc1C(N)c1ccc(OC(F)(F)F)cc1. The average Bonchev–Trinajstić information content (AvgIpc) is 2.85. The van der Waals surface area contributed by atoms with Gasteiger partial charge in [-0.25, -0.2) is 4.98 Å². The summed E-state index contributed by atoms with van der Waals surface area (Å²) in [6.45, 7) is 2.68. The molecule has 1 aromatic heterocycles. The molecule has 0 aliphatic rings. The first-order valence-corrected chi connectivity index (χ1v) is 6.03. The van der Waals surface area contributed by atoms with E-state index >= 15 is 0 Å². The Hall–Kier alpha value is -2.02. The largest absolute Gasteiger partial charge is 0.573 e. The number of halogens is 3. The Morgan fingerprint density at radius 2 is 1.95 bits per heavy atom. The van der Waals surface area contributed by atoms with Gasteiger partial charge in [0, 0.05) is 18.9 Å². The molecule has 0 fully saturated rings. The van der Waals surface area contributed by atoms with Gasteiger partial charge in [0.05, 0.1) is 6.04 Å². The van der Waals surface area contributed by atoms with E-state index in [1.807, 2.05) is 11.5 Å². The third kappa shape index (κ3) is 3.30.